The van der Waals surface area contributed by atoms with Crippen molar-refractivity contribution in [2.45, 2.75) is 19.4 Å². The molecule has 24 heavy (non-hydrogen) atoms. The third-order valence-electron chi connectivity index (χ3n) is 3.90. The van der Waals surface area contributed by atoms with Crippen LogP contribution in [-0.2, 0) is 4.74 Å². The summed E-state index contributed by atoms with van der Waals surface area (Å²) in [5.74, 6) is 0.357. The standard InChI is InChI=1S/C17H23N3O4/c1-17(2)10-24-11-20(17)16(22)19(4)9-13(18-3)12-6-7-14(21)15(8-12)23-5/h6-9,21H,3,10-11H2,1-2,4-5H3. The van der Waals surface area contributed by atoms with Crippen LogP contribution in [0.2, 0.25) is 0 Å². The maximum absolute atomic E-state index is 12.6. The number of urea groups is 1. The fourth-order valence-corrected chi connectivity index (χ4v) is 2.43. The third-order valence-corrected chi connectivity index (χ3v) is 3.90. The Labute approximate surface area is 141 Å². The number of aliphatic imine (C=N–C) groups is 1. The van der Waals surface area contributed by atoms with E-state index in [1.165, 1.54) is 18.1 Å². The molecule has 0 aromatic heterocycles. The summed E-state index contributed by atoms with van der Waals surface area (Å²) >= 11 is 0. The highest BCUT2D eigenvalue weighted by molar-refractivity contribution is 5.79. The second-order valence-corrected chi connectivity index (χ2v) is 6.17. The number of rotatable bonds is 4. The van der Waals surface area contributed by atoms with Gasteiger partial charge in [0, 0.05) is 18.8 Å². The van der Waals surface area contributed by atoms with E-state index >= 15 is 0 Å². The minimum absolute atomic E-state index is 0.0325. The fraction of sp³-hybridized carbons (Fsp3) is 0.412. The van der Waals surface area contributed by atoms with E-state index in [1.807, 2.05) is 13.8 Å². The van der Waals surface area contributed by atoms with Crippen LogP contribution >= 0.6 is 0 Å². The predicted octanol–water partition coefficient (Wildman–Crippen LogP) is 2.52. The number of carbonyl (C=O) groups is 1. The number of ether oxygens (including phenoxy) is 2. The Kier molecular flexibility index (Phi) is 5.14. The van der Waals surface area contributed by atoms with Crippen molar-refractivity contribution in [2.75, 3.05) is 27.5 Å². The smallest absolute Gasteiger partial charge is 0.326 e. The lowest BCUT2D eigenvalue weighted by atomic mass is 10.1. The highest BCUT2D eigenvalue weighted by Gasteiger charge is 2.37. The molecular formula is C17H23N3O4. The molecule has 0 bridgehead atoms. The van der Waals surface area contributed by atoms with Gasteiger partial charge >= 0.3 is 6.03 Å². The fourth-order valence-electron chi connectivity index (χ4n) is 2.43. The van der Waals surface area contributed by atoms with E-state index in [-0.39, 0.29) is 24.1 Å². The van der Waals surface area contributed by atoms with E-state index in [9.17, 15) is 9.90 Å². The summed E-state index contributed by atoms with van der Waals surface area (Å²) in [7, 11) is 3.12. The Balaban J connectivity index is 2.26. The van der Waals surface area contributed by atoms with Crippen LogP contribution in [0.3, 0.4) is 0 Å². The first-order chi connectivity index (χ1) is 11.3. The van der Waals surface area contributed by atoms with Gasteiger partial charge in [-0.3, -0.25) is 9.89 Å². The number of benzene rings is 1. The van der Waals surface area contributed by atoms with Gasteiger partial charge in [0.2, 0.25) is 0 Å². The average molecular weight is 333 g/mol. The van der Waals surface area contributed by atoms with Crippen LogP contribution in [0.25, 0.3) is 5.70 Å². The molecule has 0 saturated carbocycles. The first kappa shape index (κ1) is 17.8. The van der Waals surface area contributed by atoms with Crippen molar-refractivity contribution in [1.29, 1.82) is 0 Å². The highest BCUT2D eigenvalue weighted by Crippen LogP contribution is 2.30. The molecule has 1 heterocycles. The monoisotopic (exact) mass is 333 g/mol. The Bertz CT molecular complexity index is 670. The van der Waals surface area contributed by atoms with E-state index in [0.717, 1.165) is 0 Å². The average Bonchev–Trinajstić information content (AvgIpc) is 2.91. The Hall–Kier alpha value is -2.54. The Morgan fingerprint density at radius 2 is 2.25 bits per heavy atom. The SMILES string of the molecule is C=NC(=CN(C)C(=O)N1COCC1(C)C)c1ccc(O)c(OC)c1. The zero-order chi connectivity index (χ0) is 17.9. The van der Waals surface area contributed by atoms with E-state index in [4.69, 9.17) is 9.47 Å². The number of amides is 2. The van der Waals surface area contributed by atoms with Gasteiger partial charge in [-0.15, -0.1) is 0 Å². The molecule has 1 saturated heterocycles. The molecule has 0 atom stereocenters. The summed E-state index contributed by atoms with van der Waals surface area (Å²) in [4.78, 5) is 19.7. The summed E-state index contributed by atoms with van der Waals surface area (Å²) in [6.07, 6.45) is 1.59. The van der Waals surface area contributed by atoms with Gasteiger partial charge in [-0.2, -0.15) is 0 Å². The number of hydrogen-bond acceptors (Lipinski definition) is 5. The third kappa shape index (κ3) is 3.51. The topological polar surface area (TPSA) is 74.6 Å². The normalized spacial score (nSPS) is 16.8. The van der Waals surface area contributed by atoms with Crippen LogP contribution in [0.15, 0.2) is 29.4 Å². The number of methoxy groups -OCH3 is 1. The van der Waals surface area contributed by atoms with Crippen molar-refractivity contribution >= 4 is 18.4 Å². The number of phenolic OH excluding ortho intramolecular Hbond substituents is 1. The Morgan fingerprint density at radius 3 is 2.79 bits per heavy atom. The summed E-state index contributed by atoms with van der Waals surface area (Å²) < 4.78 is 10.5. The number of phenols is 1. The second-order valence-electron chi connectivity index (χ2n) is 6.17. The van der Waals surface area contributed by atoms with Crippen LogP contribution in [0.5, 0.6) is 11.5 Å². The van der Waals surface area contributed by atoms with Gasteiger partial charge in [-0.05, 0) is 38.8 Å². The van der Waals surface area contributed by atoms with Gasteiger partial charge in [0.05, 0.1) is 25.0 Å². The van der Waals surface area contributed by atoms with E-state index in [0.29, 0.717) is 23.6 Å². The summed E-state index contributed by atoms with van der Waals surface area (Å²) in [6, 6.07) is 4.63. The van der Waals surface area contributed by atoms with Gasteiger partial charge in [-0.1, -0.05) is 0 Å². The lowest BCUT2D eigenvalue weighted by Gasteiger charge is -2.31. The van der Waals surface area contributed by atoms with Gasteiger partial charge in [0.15, 0.2) is 11.5 Å². The maximum atomic E-state index is 12.6. The van der Waals surface area contributed by atoms with Crippen LogP contribution in [0, 0.1) is 0 Å². The van der Waals surface area contributed by atoms with E-state index < -0.39 is 0 Å². The molecular weight excluding hydrogens is 310 g/mol. The molecule has 1 aliphatic heterocycles. The van der Waals surface area contributed by atoms with E-state index in [1.54, 1.807) is 30.3 Å². The zero-order valence-corrected chi connectivity index (χ0v) is 14.4. The summed E-state index contributed by atoms with van der Waals surface area (Å²) in [5.41, 5.74) is 0.807. The van der Waals surface area contributed by atoms with Crippen molar-refractivity contribution < 1.29 is 19.4 Å². The molecule has 7 nitrogen and oxygen atoms in total. The molecule has 130 valence electrons. The van der Waals surface area contributed by atoms with Gasteiger partial charge in [0.25, 0.3) is 0 Å². The van der Waals surface area contributed by atoms with Gasteiger partial charge in [0.1, 0.15) is 6.73 Å². The molecule has 1 aromatic rings. The minimum Gasteiger partial charge on any atom is -0.504 e. The number of aromatic hydroxyl groups is 1. The van der Waals surface area contributed by atoms with Crippen molar-refractivity contribution in [3.05, 3.63) is 30.0 Å². The van der Waals surface area contributed by atoms with Crippen molar-refractivity contribution in [1.82, 2.24) is 9.80 Å². The Morgan fingerprint density at radius 1 is 1.54 bits per heavy atom. The van der Waals surface area contributed by atoms with Gasteiger partial charge < -0.3 is 19.5 Å². The van der Waals surface area contributed by atoms with Crippen LogP contribution < -0.4 is 4.74 Å². The lowest BCUT2D eigenvalue weighted by Crippen LogP contribution is -2.48. The molecule has 0 unspecified atom stereocenters. The van der Waals surface area contributed by atoms with Gasteiger partial charge in [-0.25, -0.2) is 4.79 Å². The van der Waals surface area contributed by atoms with Crippen molar-refractivity contribution in [3.8, 4) is 11.5 Å². The van der Waals surface area contributed by atoms with Crippen molar-refractivity contribution in [2.24, 2.45) is 4.99 Å². The van der Waals surface area contributed by atoms with E-state index in [2.05, 4.69) is 11.7 Å². The number of nitrogens with zero attached hydrogens (tertiary/aromatic N) is 3. The molecule has 1 aromatic carbocycles. The largest absolute Gasteiger partial charge is 0.504 e. The minimum atomic E-state index is -0.358. The molecule has 0 spiro atoms. The number of carbonyl (C=O) groups excluding carboxylic acids is 1. The maximum Gasteiger partial charge on any atom is 0.326 e. The van der Waals surface area contributed by atoms with Crippen molar-refractivity contribution in [3.63, 3.8) is 0 Å². The lowest BCUT2D eigenvalue weighted by molar-refractivity contribution is 0.125. The molecule has 1 N–H and O–H groups in total. The van der Waals surface area contributed by atoms with Crippen LogP contribution in [0.1, 0.15) is 19.4 Å². The highest BCUT2D eigenvalue weighted by atomic mass is 16.5. The summed E-state index contributed by atoms with van der Waals surface area (Å²) in [6.45, 7) is 8.21. The number of hydrogen-bond donors (Lipinski definition) is 1. The molecule has 7 heteroatoms. The first-order valence-electron chi connectivity index (χ1n) is 7.48. The molecule has 2 rings (SSSR count). The summed E-state index contributed by atoms with van der Waals surface area (Å²) in [5, 5.41) is 9.68. The first-order valence-corrected chi connectivity index (χ1v) is 7.48. The molecule has 1 fully saturated rings. The molecule has 1 aliphatic rings. The molecule has 0 aliphatic carbocycles. The molecule has 2 amide bonds. The van der Waals surface area contributed by atoms with Crippen LogP contribution in [-0.4, -0.2) is 60.7 Å². The zero-order valence-electron chi connectivity index (χ0n) is 14.4. The second kappa shape index (κ2) is 6.92. The molecule has 0 radical (unpaired) electrons. The predicted molar refractivity (Wildman–Crippen MR) is 92.1 cm³/mol. The van der Waals surface area contributed by atoms with Crippen LogP contribution in [0.4, 0.5) is 4.79 Å². The quantitative estimate of drug-likeness (QED) is 0.859.